The molecule has 0 aromatic carbocycles. The second kappa shape index (κ2) is 5.69. The van der Waals surface area contributed by atoms with Crippen LogP contribution >= 0.6 is 0 Å². The van der Waals surface area contributed by atoms with E-state index in [4.69, 9.17) is 0 Å². The van der Waals surface area contributed by atoms with Crippen molar-refractivity contribution in [1.29, 1.82) is 0 Å². The Balaban J connectivity index is 1.92. The Morgan fingerprint density at radius 1 is 1.33 bits per heavy atom. The van der Waals surface area contributed by atoms with Crippen molar-refractivity contribution in [2.45, 2.75) is 44.3 Å². The number of aromatic nitrogens is 1. The van der Waals surface area contributed by atoms with E-state index in [-0.39, 0.29) is 0 Å². The molecule has 2 nitrogen and oxygen atoms in total. The van der Waals surface area contributed by atoms with Crippen molar-refractivity contribution in [2.75, 3.05) is 6.54 Å². The Morgan fingerprint density at radius 2 is 2.17 bits per heavy atom. The molecule has 1 aliphatic rings. The maximum atomic E-state index is 12.5. The van der Waals surface area contributed by atoms with Gasteiger partial charge in [0.05, 0.1) is 5.56 Å². The molecule has 5 heteroatoms. The molecule has 1 aliphatic heterocycles. The lowest BCUT2D eigenvalue weighted by atomic mass is 9.99. The van der Waals surface area contributed by atoms with E-state index in [1.807, 2.05) is 0 Å². The number of aryl methyl sites for hydroxylation is 1. The van der Waals surface area contributed by atoms with Crippen LogP contribution in [-0.4, -0.2) is 17.6 Å². The van der Waals surface area contributed by atoms with Gasteiger partial charge < -0.3 is 5.32 Å². The Kier molecular flexibility index (Phi) is 4.22. The van der Waals surface area contributed by atoms with Crippen molar-refractivity contribution in [3.63, 3.8) is 0 Å². The normalized spacial score (nSPS) is 20.9. The Bertz CT molecular complexity index is 384. The molecule has 1 aromatic rings. The standard InChI is InChI=1S/C13H17F3N2/c14-13(15,16)10-6-8-18-12(9-10)5-4-11-3-1-2-7-17-11/h6,8-9,11,17H,1-5,7H2. The molecule has 0 saturated carbocycles. The van der Waals surface area contributed by atoms with Gasteiger partial charge in [-0.05, 0) is 44.4 Å². The number of piperidine rings is 1. The molecule has 2 rings (SSSR count). The highest BCUT2D eigenvalue weighted by atomic mass is 19.4. The van der Waals surface area contributed by atoms with Crippen molar-refractivity contribution in [3.05, 3.63) is 29.6 Å². The minimum Gasteiger partial charge on any atom is -0.314 e. The Hall–Kier alpha value is -1.10. The van der Waals surface area contributed by atoms with E-state index in [0.29, 0.717) is 18.2 Å². The fraction of sp³-hybridized carbons (Fsp3) is 0.615. The maximum Gasteiger partial charge on any atom is 0.416 e. The number of nitrogens with one attached hydrogen (secondary N) is 1. The highest BCUT2D eigenvalue weighted by Gasteiger charge is 2.30. The molecule has 0 bridgehead atoms. The van der Waals surface area contributed by atoms with Gasteiger partial charge in [-0.2, -0.15) is 13.2 Å². The number of pyridine rings is 1. The van der Waals surface area contributed by atoms with Crippen LogP contribution in [0.3, 0.4) is 0 Å². The maximum absolute atomic E-state index is 12.5. The first-order valence-corrected chi connectivity index (χ1v) is 6.31. The third-order valence-electron chi connectivity index (χ3n) is 3.31. The van der Waals surface area contributed by atoms with E-state index in [1.54, 1.807) is 0 Å². The van der Waals surface area contributed by atoms with Crippen LogP contribution in [0.15, 0.2) is 18.3 Å². The van der Waals surface area contributed by atoms with Crippen LogP contribution in [0.1, 0.15) is 36.9 Å². The van der Waals surface area contributed by atoms with Gasteiger partial charge in [0.2, 0.25) is 0 Å². The van der Waals surface area contributed by atoms with Crippen molar-refractivity contribution in [1.82, 2.24) is 10.3 Å². The lowest BCUT2D eigenvalue weighted by molar-refractivity contribution is -0.137. The number of halogens is 3. The van der Waals surface area contributed by atoms with Gasteiger partial charge in [-0.15, -0.1) is 0 Å². The predicted octanol–water partition coefficient (Wildman–Crippen LogP) is 3.18. The third kappa shape index (κ3) is 3.70. The van der Waals surface area contributed by atoms with Crippen molar-refractivity contribution in [2.24, 2.45) is 0 Å². The van der Waals surface area contributed by atoms with Crippen LogP contribution in [0.4, 0.5) is 13.2 Å². The summed E-state index contributed by atoms with van der Waals surface area (Å²) in [4.78, 5) is 4.01. The SMILES string of the molecule is FC(F)(F)c1ccnc(CCC2CCCCN2)c1. The molecule has 1 aromatic heterocycles. The second-order valence-electron chi connectivity index (χ2n) is 4.72. The van der Waals surface area contributed by atoms with Gasteiger partial charge in [0.1, 0.15) is 0 Å². The summed E-state index contributed by atoms with van der Waals surface area (Å²) >= 11 is 0. The Morgan fingerprint density at radius 3 is 2.83 bits per heavy atom. The number of nitrogens with zero attached hydrogens (tertiary/aromatic N) is 1. The molecular formula is C13H17F3N2. The average Bonchev–Trinajstić information content (AvgIpc) is 2.37. The van der Waals surface area contributed by atoms with Gasteiger partial charge in [0.25, 0.3) is 0 Å². The second-order valence-corrected chi connectivity index (χ2v) is 4.72. The fourth-order valence-electron chi connectivity index (χ4n) is 2.28. The zero-order chi connectivity index (χ0) is 13.0. The molecule has 2 heterocycles. The summed E-state index contributed by atoms with van der Waals surface area (Å²) in [6, 6.07) is 2.60. The first-order chi connectivity index (χ1) is 8.55. The Labute approximate surface area is 105 Å². The molecule has 1 N–H and O–H groups in total. The van der Waals surface area contributed by atoms with Crippen LogP contribution < -0.4 is 5.32 Å². The zero-order valence-corrected chi connectivity index (χ0v) is 10.1. The molecule has 1 saturated heterocycles. The topological polar surface area (TPSA) is 24.9 Å². The van der Waals surface area contributed by atoms with Gasteiger partial charge in [0, 0.05) is 17.9 Å². The van der Waals surface area contributed by atoms with Crippen LogP contribution in [0.25, 0.3) is 0 Å². The predicted molar refractivity (Wildman–Crippen MR) is 63.2 cm³/mol. The van der Waals surface area contributed by atoms with E-state index < -0.39 is 11.7 Å². The number of alkyl halides is 3. The van der Waals surface area contributed by atoms with Crippen molar-refractivity contribution in [3.8, 4) is 0 Å². The summed E-state index contributed by atoms with van der Waals surface area (Å²) in [7, 11) is 0. The number of rotatable bonds is 3. The molecule has 100 valence electrons. The van der Waals surface area contributed by atoms with Gasteiger partial charge in [-0.1, -0.05) is 6.42 Å². The summed E-state index contributed by atoms with van der Waals surface area (Å²) in [6.07, 6.45) is 1.92. The van der Waals surface area contributed by atoms with E-state index in [2.05, 4.69) is 10.3 Å². The van der Waals surface area contributed by atoms with Crippen LogP contribution in [0, 0.1) is 0 Å². The highest BCUT2D eigenvalue weighted by Crippen LogP contribution is 2.29. The van der Waals surface area contributed by atoms with Gasteiger partial charge in [0.15, 0.2) is 0 Å². The van der Waals surface area contributed by atoms with Gasteiger partial charge in [-0.25, -0.2) is 0 Å². The van der Waals surface area contributed by atoms with Crippen molar-refractivity contribution >= 4 is 0 Å². The first-order valence-electron chi connectivity index (χ1n) is 6.31. The van der Waals surface area contributed by atoms with E-state index >= 15 is 0 Å². The lowest BCUT2D eigenvalue weighted by Gasteiger charge is -2.23. The lowest BCUT2D eigenvalue weighted by Crippen LogP contribution is -2.34. The molecule has 0 aliphatic carbocycles. The fourth-order valence-corrected chi connectivity index (χ4v) is 2.28. The molecule has 0 amide bonds. The quantitative estimate of drug-likeness (QED) is 0.900. The zero-order valence-electron chi connectivity index (χ0n) is 10.1. The minimum atomic E-state index is -4.28. The van der Waals surface area contributed by atoms with Crippen LogP contribution in [0.5, 0.6) is 0 Å². The summed E-state index contributed by atoms with van der Waals surface area (Å²) in [6.45, 7) is 1.01. The first kappa shape index (κ1) is 13.3. The molecule has 1 atom stereocenters. The summed E-state index contributed by atoms with van der Waals surface area (Å²) in [5.74, 6) is 0. The molecule has 1 unspecified atom stereocenters. The highest BCUT2D eigenvalue weighted by molar-refractivity contribution is 5.19. The average molecular weight is 258 g/mol. The van der Waals surface area contributed by atoms with Crippen LogP contribution in [0.2, 0.25) is 0 Å². The van der Waals surface area contributed by atoms with Crippen molar-refractivity contribution < 1.29 is 13.2 Å². The molecular weight excluding hydrogens is 241 g/mol. The largest absolute Gasteiger partial charge is 0.416 e. The molecule has 18 heavy (non-hydrogen) atoms. The smallest absolute Gasteiger partial charge is 0.314 e. The van der Waals surface area contributed by atoms with E-state index in [1.165, 1.54) is 19.0 Å². The number of hydrogen-bond acceptors (Lipinski definition) is 2. The molecule has 1 fully saturated rings. The van der Waals surface area contributed by atoms with Gasteiger partial charge in [-0.3, -0.25) is 4.98 Å². The summed E-state index contributed by atoms with van der Waals surface area (Å²) in [5.41, 5.74) is -0.0821. The summed E-state index contributed by atoms with van der Waals surface area (Å²) in [5, 5.41) is 3.38. The summed E-state index contributed by atoms with van der Waals surface area (Å²) < 4.78 is 37.6. The molecule has 0 radical (unpaired) electrons. The molecule has 0 spiro atoms. The van der Waals surface area contributed by atoms with E-state index in [0.717, 1.165) is 31.5 Å². The monoisotopic (exact) mass is 258 g/mol. The minimum absolute atomic E-state index is 0.426. The number of hydrogen-bond donors (Lipinski definition) is 1. The van der Waals surface area contributed by atoms with Crippen LogP contribution in [-0.2, 0) is 12.6 Å². The van der Waals surface area contributed by atoms with E-state index in [9.17, 15) is 13.2 Å². The van der Waals surface area contributed by atoms with Gasteiger partial charge >= 0.3 is 6.18 Å². The third-order valence-corrected chi connectivity index (χ3v) is 3.31.